The van der Waals surface area contributed by atoms with Gasteiger partial charge in [-0.3, -0.25) is 9.48 Å². The molecule has 0 bridgehead atoms. The predicted molar refractivity (Wildman–Crippen MR) is 66.4 cm³/mol. The van der Waals surface area contributed by atoms with Gasteiger partial charge in [0.15, 0.2) is 0 Å². The van der Waals surface area contributed by atoms with Crippen LogP contribution in [0.15, 0.2) is 36.7 Å². The first kappa shape index (κ1) is 11.2. The third-order valence-corrected chi connectivity index (χ3v) is 2.40. The van der Waals surface area contributed by atoms with Gasteiger partial charge in [0.05, 0.1) is 0 Å². The van der Waals surface area contributed by atoms with E-state index in [4.69, 9.17) is 5.73 Å². The molecule has 0 aliphatic heterocycles. The molecule has 0 atom stereocenters. The topological polar surface area (TPSA) is 72.9 Å². The number of nitrogens with one attached hydrogen (secondary N) is 1. The van der Waals surface area contributed by atoms with Gasteiger partial charge in [0.1, 0.15) is 6.54 Å². The van der Waals surface area contributed by atoms with Crippen molar-refractivity contribution in [3.8, 4) is 0 Å². The lowest BCUT2D eigenvalue weighted by Gasteiger charge is -2.09. The third-order valence-electron chi connectivity index (χ3n) is 2.40. The van der Waals surface area contributed by atoms with Crippen LogP contribution >= 0.6 is 0 Å². The summed E-state index contributed by atoms with van der Waals surface area (Å²) in [6, 6.07) is 7.20. The minimum absolute atomic E-state index is 0.123. The smallest absolute Gasteiger partial charge is 0.246 e. The van der Waals surface area contributed by atoms with Gasteiger partial charge in [-0.25, -0.2) is 0 Å². The Morgan fingerprint density at radius 1 is 1.53 bits per heavy atom. The molecule has 3 N–H and O–H groups in total. The Morgan fingerprint density at radius 2 is 2.35 bits per heavy atom. The van der Waals surface area contributed by atoms with Crippen LogP contribution in [0, 0.1) is 6.92 Å². The number of amides is 1. The number of aromatic nitrogens is 2. The van der Waals surface area contributed by atoms with E-state index < -0.39 is 0 Å². The third kappa shape index (κ3) is 2.84. The number of nitrogens with zero attached hydrogens (tertiary/aromatic N) is 2. The van der Waals surface area contributed by atoms with E-state index in [9.17, 15) is 4.79 Å². The van der Waals surface area contributed by atoms with Crippen LogP contribution in [0.1, 0.15) is 5.56 Å². The average molecular weight is 230 g/mol. The summed E-state index contributed by atoms with van der Waals surface area (Å²) < 4.78 is 1.57. The van der Waals surface area contributed by atoms with Gasteiger partial charge in [-0.05, 0) is 30.7 Å². The summed E-state index contributed by atoms with van der Waals surface area (Å²) in [4.78, 5) is 11.7. The van der Waals surface area contributed by atoms with Gasteiger partial charge in [-0.1, -0.05) is 6.07 Å². The first-order valence-corrected chi connectivity index (χ1v) is 5.28. The highest BCUT2D eigenvalue weighted by molar-refractivity contribution is 5.91. The van der Waals surface area contributed by atoms with Gasteiger partial charge in [-0.15, -0.1) is 0 Å². The van der Waals surface area contributed by atoms with Crippen molar-refractivity contribution < 1.29 is 4.79 Å². The van der Waals surface area contributed by atoms with Gasteiger partial charge in [0.25, 0.3) is 0 Å². The SMILES string of the molecule is Cc1ccc(N)cc1NC(=O)Cn1cccn1. The lowest BCUT2D eigenvalue weighted by molar-refractivity contribution is -0.116. The summed E-state index contributed by atoms with van der Waals surface area (Å²) in [5.41, 5.74) is 8.02. The van der Waals surface area contributed by atoms with Gasteiger partial charge in [-0.2, -0.15) is 5.10 Å². The Morgan fingerprint density at radius 3 is 3.06 bits per heavy atom. The number of nitrogens with two attached hydrogens (primary N) is 1. The van der Waals surface area contributed by atoms with Crippen LogP contribution in [0.4, 0.5) is 11.4 Å². The maximum absolute atomic E-state index is 11.7. The summed E-state index contributed by atoms with van der Waals surface area (Å²) in [5, 5.41) is 6.78. The first-order valence-electron chi connectivity index (χ1n) is 5.28. The van der Waals surface area contributed by atoms with Crippen molar-refractivity contribution in [1.82, 2.24) is 9.78 Å². The highest BCUT2D eigenvalue weighted by Gasteiger charge is 2.05. The van der Waals surface area contributed by atoms with E-state index in [0.29, 0.717) is 5.69 Å². The summed E-state index contributed by atoms with van der Waals surface area (Å²) in [6.07, 6.45) is 3.38. The van der Waals surface area contributed by atoms with Crippen LogP contribution < -0.4 is 11.1 Å². The van der Waals surface area contributed by atoms with Crippen LogP contribution in [-0.2, 0) is 11.3 Å². The molecule has 0 aliphatic rings. The van der Waals surface area contributed by atoms with Crippen LogP contribution in [0.25, 0.3) is 0 Å². The van der Waals surface area contributed by atoms with Crippen LogP contribution in [0.5, 0.6) is 0 Å². The Bertz CT molecular complexity index is 519. The Labute approximate surface area is 99.2 Å². The van der Waals surface area contributed by atoms with E-state index >= 15 is 0 Å². The van der Waals surface area contributed by atoms with Crippen molar-refractivity contribution in [2.24, 2.45) is 0 Å². The summed E-state index contributed by atoms with van der Waals surface area (Å²) in [5.74, 6) is -0.123. The number of hydrogen-bond acceptors (Lipinski definition) is 3. The summed E-state index contributed by atoms with van der Waals surface area (Å²) in [7, 11) is 0. The van der Waals surface area contributed by atoms with Crippen molar-refractivity contribution in [3.05, 3.63) is 42.2 Å². The standard InChI is InChI=1S/C12H14N4O/c1-9-3-4-10(13)7-11(9)15-12(17)8-16-6-2-5-14-16/h2-7H,8,13H2,1H3,(H,15,17). The molecule has 17 heavy (non-hydrogen) atoms. The molecule has 2 aromatic rings. The van der Waals surface area contributed by atoms with Crippen molar-refractivity contribution in [1.29, 1.82) is 0 Å². The molecule has 0 saturated carbocycles. The molecule has 5 nitrogen and oxygen atoms in total. The molecular formula is C12H14N4O. The zero-order valence-corrected chi connectivity index (χ0v) is 9.55. The van der Waals surface area contributed by atoms with Crippen molar-refractivity contribution in [2.45, 2.75) is 13.5 Å². The molecule has 0 aliphatic carbocycles. The Kier molecular flexibility index (Phi) is 3.09. The number of carbonyl (C=O) groups excluding carboxylic acids is 1. The second kappa shape index (κ2) is 4.69. The van der Waals surface area contributed by atoms with E-state index in [2.05, 4.69) is 10.4 Å². The van der Waals surface area contributed by atoms with E-state index in [1.54, 1.807) is 35.3 Å². The zero-order chi connectivity index (χ0) is 12.3. The highest BCUT2D eigenvalue weighted by atomic mass is 16.2. The van der Waals surface area contributed by atoms with Gasteiger partial charge in [0.2, 0.25) is 5.91 Å². The van der Waals surface area contributed by atoms with Gasteiger partial charge < -0.3 is 11.1 Å². The van der Waals surface area contributed by atoms with Crippen molar-refractivity contribution in [2.75, 3.05) is 11.1 Å². The number of nitrogen functional groups attached to an aromatic ring is 1. The number of rotatable bonds is 3. The average Bonchev–Trinajstić information content (AvgIpc) is 2.76. The monoisotopic (exact) mass is 230 g/mol. The second-order valence-corrected chi connectivity index (χ2v) is 3.83. The largest absolute Gasteiger partial charge is 0.399 e. The lowest BCUT2D eigenvalue weighted by atomic mass is 10.2. The molecule has 5 heteroatoms. The summed E-state index contributed by atoms with van der Waals surface area (Å²) in [6.45, 7) is 2.12. The maximum atomic E-state index is 11.7. The Hall–Kier alpha value is -2.30. The van der Waals surface area contributed by atoms with Gasteiger partial charge >= 0.3 is 0 Å². The highest BCUT2D eigenvalue weighted by Crippen LogP contribution is 2.17. The quantitative estimate of drug-likeness (QED) is 0.783. The van der Waals surface area contributed by atoms with Gasteiger partial charge in [0, 0.05) is 23.8 Å². The molecule has 0 spiro atoms. The molecule has 1 aromatic heterocycles. The molecule has 1 heterocycles. The first-order chi connectivity index (χ1) is 8.15. The van der Waals surface area contributed by atoms with Crippen LogP contribution in [0.3, 0.4) is 0 Å². The molecule has 2 rings (SSSR count). The van der Waals surface area contributed by atoms with Crippen molar-refractivity contribution in [3.63, 3.8) is 0 Å². The summed E-state index contributed by atoms with van der Waals surface area (Å²) >= 11 is 0. The molecule has 1 aromatic carbocycles. The number of benzene rings is 1. The lowest BCUT2D eigenvalue weighted by Crippen LogP contribution is -2.19. The fourth-order valence-corrected chi connectivity index (χ4v) is 1.51. The molecule has 0 fully saturated rings. The Balaban J connectivity index is 2.05. The molecule has 0 unspecified atom stereocenters. The molecule has 1 amide bonds. The van der Waals surface area contributed by atoms with E-state index in [0.717, 1.165) is 11.3 Å². The minimum Gasteiger partial charge on any atom is -0.399 e. The van der Waals surface area contributed by atoms with Crippen LogP contribution in [0.2, 0.25) is 0 Å². The fraction of sp³-hybridized carbons (Fsp3) is 0.167. The normalized spacial score (nSPS) is 10.2. The minimum atomic E-state index is -0.123. The molecule has 88 valence electrons. The van der Waals surface area contributed by atoms with E-state index in [1.807, 2.05) is 13.0 Å². The molecule has 0 saturated heterocycles. The van der Waals surface area contributed by atoms with E-state index in [-0.39, 0.29) is 12.5 Å². The zero-order valence-electron chi connectivity index (χ0n) is 9.55. The number of aryl methyl sites for hydroxylation is 1. The van der Waals surface area contributed by atoms with Crippen molar-refractivity contribution >= 4 is 17.3 Å². The number of anilines is 2. The number of carbonyl (C=O) groups is 1. The molecular weight excluding hydrogens is 216 g/mol. The van der Waals surface area contributed by atoms with Crippen LogP contribution in [-0.4, -0.2) is 15.7 Å². The van der Waals surface area contributed by atoms with E-state index in [1.165, 1.54) is 0 Å². The number of hydrogen-bond donors (Lipinski definition) is 2. The fourth-order valence-electron chi connectivity index (χ4n) is 1.51. The molecule has 0 radical (unpaired) electrons. The second-order valence-electron chi connectivity index (χ2n) is 3.83. The predicted octanol–water partition coefficient (Wildman–Crippen LogP) is 1.41. The maximum Gasteiger partial charge on any atom is 0.246 e.